The largest absolute Gasteiger partial charge is 0.494 e. The Kier molecular flexibility index (Phi) is 8.98. The number of nitrogens with zero attached hydrogens (tertiary/aromatic N) is 1. The number of benzene rings is 3. The zero-order valence-corrected chi connectivity index (χ0v) is 19.8. The average molecular weight is 487 g/mol. The van der Waals surface area contributed by atoms with Crippen molar-refractivity contribution in [3.63, 3.8) is 0 Å². The van der Waals surface area contributed by atoms with Crippen LogP contribution in [0, 0.1) is 0 Å². The van der Waals surface area contributed by atoms with Gasteiger partial charge in [-0.05, 0) is 73.5 Å². The summed E-state index contributed by atoms with van der Waals surface area (Å²) in [4.78, 5) is 12.3. The molecule has 0 aromatic heterocycles. The van der Waals surface area contributed by atoms with Gasteiger partial charge in [0.05, 0.1) is 24.5 Å². The first kappa shape index (κ1) is 24.4. The summed E-state index contributed by atoms with van der Waals surface area (Å²) in [6, 6.07) is 17.6. The van der Waals surface area contributed by atoms with E-state index in [1.165, 1.54) is 6.21 Å². The molecule has 0 bridgehead atoms. The number of rotatable bonds is 10. The van der Waals surface area contributed by atoms with E-state index in [1.54, 1.807) is 48.5 Å². The van der Waals surface area contributed by atoms with Gasteiger partial charge in [-0.1, -0.05) is 35.3 Å². The van der Waals surface area contributed by atoms with Crippen molar-refractivity contribution in [1.29, 1.82) is 0 Å². The van der Waals surface area contributed by atoms with Crippen molar-refractivity contribution in [3.05, 3.63) is 87.4 Å². The van der Waals surface area contributed by atoms with Crippen LogP contribution in [0.1, 0.15) is 35.3 Å². The number of carbonyl (C=O) groups is 1. The number of halogens is 2. The summed E-state index contributed by atoms with van der Waals surface area (Å²) >= 11 is 12.4. The molecule has 172 valence electrons. The lowest BCUT2D eigenvalue weighted by atomic mass is 10.2. The topological polar surface area (TPSA) is 69.2 Å². The molecule has 0 fully saturated rings. The molecular weight excluding hydrogens is 463 g/mol. The molecule has 0 atom stereocenters. The normalized spacial score (nSPS) is 10.8. The number of carbonyl (C=O) groups excluding carboxylic acids is 1. The first-order valence-electron chi connectivity index (χ1n) is 10.4. The molecule has 1 N–H and O–H groups in total. The van der Waals surface area contributed by atoms with Gasteiger partial charge in [-0.15, -0.1) is 0 Å². The third-order valence-corrected chi connectivity index (χ3v) is 4.97. The minimum Gasteiger partial charge on any atom is -0.494 e. The smallest absolute Gasteiger partial charge is 0.271 e. The molecule has 3 aromatic carbocycles. The Morgan fingerprint density at radius 1 is 0.939 bits per heavy atom. The molecule has 0 unspecified atom stereocenters. The summed E-state index contributed by atoms with van der Waals surface area (Å²) in [7, 11) is 0. The average Bonchev–Trinajstić information content (AvgIpc) is 2.80. The second-order valence-electron chi connectivity index (χ2n) is 6.83. The van der Waals surface area contributed by atoms with E-state index in [0.717, 1.165) is 5.56 Å². The molecule has 0 aliphatic heterocycles. The van der Waals surface area contributed by atoms with Crippen LogP contribution in [0.2, 0.25) is 10.0 Å². The number of hydrogen-bond donors (Lipinski definition) is 1. The van der Waals surface area contributed by atoms with Gasteiger partial charge in [0.25, 0.3) is 5.91 Å². The Morgan fingerprint density at radius 3 is 2.30 bits per heavy atom. The van der Waals surface area contributed by atoms with Gasteiger partial charge >= 0.3 is 0 Å². The highest BCUT2D eigenvalue weighted by molar-refractivity contribution is 6.32. The van der Waals surface area contributed by atoms with E-state index in [9.17, 15) is 4.79 Å². The first-order valence-corrected chi connectivity index (χ1v) is 11.2. The molecule has 3 aromatic rings. The van der Waals surface area contributed by atoms with Crippen LogP contribution in [0.25, 0.3) is 0 Å². The summed E-state index contributed by atoms with van der Waals surface area (Å²) in [5, 5.41) is 5.05. The molecule has 0 heterocycles. The maximum absolute atomic E-state index is 12.3. The molecule has 0 aliphatic carbocycles. The van der Waals surface area contributed by atoms with Gasteiger partial charge in [-0.25, -0.2) is 5.43 Å². The van der Waals surface area contributed by atoms with E-state index in [4.69, 9.17) is 37.4 Å². The van der Waals surface area contributed by atoms with E-state index in [2.05, 4.69) is 10.5 Å². The third kappa shape index (κ3) is 7.14. The maximum atomic E-state index is 12.3. The fraction of sp³-hybridized carbons (Fsp3) is 0.200. The number of hydrogen-bond acceptors (Lipinski definition) is 5. The second-order valence-corrected chi connectivity index (χ2v) is 7.68. The van der Waals surface area contributed by atoms with Crippen molar-refractivity contribution >= 4 is 35.3 Å². The SMILES string of the molecule is CCOc1ccc(C(=O)N/N=C/c2cc(Cl)c(OCc3ccc(Cl)cc3)c(OCC)c2)cc1. The van der Waals surface area contributed by atoms with Gasteiger partial charge in [0.2, 0.25) is 0 Å². The fourth-order valence-corrected chi connectivity index (χ4v) is 3.30. The quantitative estimate of drug-likeness (QED) is 0.276. The van der Waals surface area contributed by atoms with Crippen molar-refractivity contribution in [1.82, 2.24) is 5.43 Å². The first-order chi connectivity index (χ1) is 16.0. The molecule has 33 heavy (non-hydrogen) atoms. The number of ether oxygens (including phenoxy) is 3. The summed E-state index contributed by atoms with van der Waals surface area (Å²) < 4.78 is 17.0. The zero-order chi connectivity index (χ0) is 23.6. The lowest BCUT2D eigenvalue weighted by molar-refractivity contribution is 0.0955. The molecule has 8 heteroatoms. The summed E-state index contributed by atoms with van der Waals surface area (Å²) in [6.45, 7) is 5.07. The van der Waals surface area contributed by atoms with E-state index in [0.29, 0.717) is 58.2 Å². The van der Waals surface area contributed by atoms with Crippen LogP contribution in [0.15, 0.2) is 65.8 Å². The van der Waals surface area contributed by atoms with Gasteiger partial charge in [-0.3, -0.25) is 4.79 Å². The lowest BCUT2D eigenvalue weighted by Gasteiger charge is -2.14. The molecular formula is C25H24Cl2N2O4. The Labute approximate surface area is 203 Å². The minimum atomic E-state index is -0.339. The molecule has 6 nitrogen and oxygen atoms in total. The monoisotopic (exact) mass is 486 g/mol. The Morgan fingerprint density at radius 2 is 1.64 bits per heavy atom. The molecule has 0 spiro atoms. The van der Waals surface area contributed by atoms with E-state index in [1.807, 2.05) is 26.0 Å². The molecule has 0 aliphatic rings. The Balaban J connectivity index is 1.67. The predicted octanol–water partition coefficient (Wildman–Crippen LogP) is 6.13. The predicted molar refractivity (Wildman–Crippen MR) is 131 cm³/mol. The highest BCUT2D eigenvalue weighted by Crippen LogP contribution is 2.37. The van der Waals surface area contributed by atoms with Gasteiger partial charge in [-0.2, -0.15) is 5.10 Å². The number of amides is 1. The maximum Gasteiger partial charge on any atom is 0.271 e. The van der Waals surface area contributed by atoms with Crippen LogP contribution in [0.4, 0.5) is 0 Å². The zero-order valence-electron chi connectivity index (χ0n) is 18.3. The molecule has 0 saturated heterocycles. The Hall–Kier alpha value is -3.22. The van der Waals surface area contributed by atoms with Crippen molar-refractivity contribution in [3.8, 4) is 17.2 Å². The standard InChI is InChI=1S/C25H24Cl2N2O4/c1-3-31-21-11-7-19(8-12-21)25(30)29-28-15-18-13-22(27)24(23(14-18)32-4-2)33-16-17-5-9-20(26)10-6-17/h5-15H,3-4,16H2,1-2H3,(H,29,30)/b28-15+. The van der Waals surface area contributed by atoms with E-state index >= 15 is 0 Å². The minimum absolute atomic E-state index is 0.308. The molecule has 0 saturated carbocycles. The van der Waals surface area contributed by atoms with Gasteiger partial charge in [0.1, 0.15) is 12.4 Å². The molecule has 3 rings (SSSR count). The van der Waals surface area contributed by atoms with Crippen LogP contribution in [-0.4, -0.2) is 25.3 Å². The third-order valence-electron chi connectivity index (χ3n) is 4.44. The number of hydrazone groups is 1. The van der Waals surface area contributed by atoms with Gasteiger partial charge < -0.3 is 14.2 Å². The summed E-state index contributed by atoms with van der Waals surface area (Å²) in [5.74, 6) is 1.28. The van der Waals surface area contributed by atoms with E-state index in [-0.39, 0.29) is 5.91 Å². The number of nitrogens with one attached hydrogen (secondary N) is 1. The van der Waals surface area contributed by atoms with Gasteiger partial charge in [0.15, 0.2) is 11.5 Å². The van der Waals surface area contributed by atoms with Crippen molar-refractivity contribution in [2.75, 3.05) is 13.2 Å². The van der Waals surface area contributed by atoms with E-state index < -0.39 is 0 Å². The van der Waals surface area contributed by atoms with Crippen LogP contribution in [0.5, 0.6) is 17.2 Å². The summed E-state index contributed by atoms with van der Waals surface area (Å²) in [5.41, 5.74) is 4.56. The fourth-order valence-electron chi connectivity index (χ4n) is 2.90. The van der Waals surface area contributed by atoms with Crippen LogP contribution in [-0.2, 0) is 6.61 Å². The van der Waals surface area contributed by atoms with Crippen LogP contribution in [0.3, 0.4) is 0 Å². The highest BCUT2D eigenvalue weighted by Gasteiger charge is 2.13. The molecule has 1 amide bonds. The van der Waals surface area contributed by atoms with Crippen LogP contribution < -0.4 is 19.6 Å². The summed E-state index contributed by atoms with van der Waals surface area (Å²) in [6.07, 6.45) is 1.49. The van der Waals surface area contributed by atoms with Crippen molar-refractivity contribution < 1.29 is 19.0 Å². The van der Waals surface area contributed by atoms with Crippen molar-refractivity contribution in [2.45, 2.75) is 20.5 Å². The van der Waals surface area contributed by atoms with Gasteiger partial charge in [0, 0.05) is 10.6 Å². The van der Waals surface area contributed by atoms with Crippen LogP contribution >= 0.6 is 23.2 Å². The second kappa shape index (κ2) is 12.1. The molecule has 0 radical (unpaired) electrons. The van der Waals surface area contributed by atoms with Crippen molar-refractivity contribution in [2.24, 2.45) is 5.10 Å². The highest BCUT2D eigenvalue weighted by atomic mass is 35.5. The Bertz CT molecular complexity index is 1100. The lowest BCUT2D eigenvalue weighted by Crippen LogP contribution is -2.17.